The molecule has 0 fully saturated rings. The molecule has 8 heteroatoms. The zero-order valence-corrected chi connectivity index (χ0v) is 12.3. The topological polar surface area (TPSA) is 101 Å². The Balaban J connectivity index is 1.81. The molecule has 0 unspecified atom stereocenters. The maximum atomic E-state index is 12.2. The molecule has 7 nitrogen and oxygen atoms in total. The Hall–Kier alpha value is -3.06. The molecule has 0 saturated heterocycles. The number of allylic oxidation sites excluding steroid dienone is 1. The van der Waals surface area contributed by atoms with E-state index in [4.69, 9.17) is 20.8 Å². The predicted octanol–water partition coefficient (Wildman–Crippen LogP) is 3.63. The lowest BCUT2D eigenvalue weighted by Gasteiger charge is -2.04. The van der Waals surface area contributed by atoms with E-state index in [1.165, 1.54) is 18.9 Å². The highest BCUT2D eigenvalue weighted by Crippen LogP contribution is 2.28. The second-order valence-corrected chi connectivity index (χ2v) is 4.86. The lowest BCUT2D eigenvalue weighted by Crippen LogP contribution is -1.98. The molecule has 3 rings (SSSR count). The van der Waals surface area contributed by atoms with Crippen LogP contribution >= 0.6 is 11.6 Å². The SMILES string of the molecule is O=C(C=C(O)c1nc[nH]n1)c1cocc1Oc1ccc(Cl)cc1. The van der Waals surface area contributed by atoms with Crippen molar-refractivity contribution in [3.63, 3.8) is 0 Å². The molecule has 2 heterocycles. The number of nitrogens with zero attached hydrogens (tertiary/aromatic N) is 2. The molecule has 0 spiro atoms. The standard InChI is InChI=1S/C15H10ClN3O4/c16-9-1-3-10(4-2-9)23-14-7-22-6-11(14)12(20)5-13(21)15-17-8-18-19-15/h1-8,21H,(H,17,18,19). The number of furan rings is 1. The first-order valence-corrected chi connectivity index (χ1v) is 6.82. The van der Waals surface area contributed by atoms with Crippen LogP contribution in [0.3, 0.4) is 0 Å². The number of aromatic amines is 1. The minimum atomic E-state index is -0.509. The number of aliphatic hydroxyl groups is 1. The van der Waals surface area contributed by atoms with Crippen LogP contribution in [0, 0.1) is 0 Å². The van der Waals surface area contributed by atoms with Gasteiger partial charge in [-0.1, -0.05) is 11.6 Å². The number of benzene rings is 1. The van der Waals surface area contributed by atoms with Gasteiger partial charge in [0.1, 0.15) is 30.2 Å². The summed E-state index contributed by atoms with van der Waals surface area (Å²) in [4.78, 5) is 16.0. The van der Waals surface area contributed by atoms with Gasteiger partial charge in [-0.15, -0.1) is 0 Å². The van der Waals surface area contributed by atoms with Crippen LogP contribution in [0.1, 0.15) is 16.2 Å². The number of hydrogen-bond acceptors (Lipinski definition) is 6. The van der Waals surface area contributed by atoms with Crippen molar-refractivity contribution in [1.29, 1.82) is 0 Å². The highest BCUT2D eigenvalue weighted by molar-refractivity contribution is 6.30. The van der Waals surface area contributed by atoms with Crippen LogP contribution in [0.2, 0.25) is 5.02 Å². The molecule has 2 N–H and O–H groups in total. The zero-order chi connectivity index (χ0) is 16.2. The molecule has 0 radical (unpaired) electrons. The Labute approximate surface area is 135 Å². The van der Waals surface area contributed by atoms with Gasteiger partial charge in [0.15, 0.2) is 17.3 Å². The number of ketones is 1. The third-order valence-corrected chi connectivity index (χ3v) is 3.10. The van der Waals surface area contributed by atoms with Crippen LogP contribution in [0.5, 0.6) is 11.5 Å². The van der Waals surface area contributed by atoms with E-state index < -0.39 is 5.78 Å². The van der Waals surface area contributed by atoms with E-state index >= 15 is 0 Å². The van der Waals surface area contributed by atoms with Crippen LogP contribution in [0.4, 0.5) is 0 Å². The van der Waals surface area contributed by atoms with Crippen LogP contribution in [0.25, 0.3) is 5.76 Å². The molecule has 1 aromatic carbocycles. The van der Waals surface area contributed by atoms with Crippen LogP contribution in [0.15, 0.2) is 53.6 Å². The van der Waals surface area contributed by atoms with Gasteiger partial charge in [0.05, 0.1) is 0 Å². The van der Waals surface area contributed by atoms with Gasteiger partial charge in [-0.05, 0) is 24.3 Å². The lowest BCUT2D eigenvalue weighted by molar-refractivity contribution is 0.104. The molecule has 116 valence electrons. The van der Waals surface area contributed by atoms with E-state index in [-0.39, 0.29) is 22.9 Å². The Bertz CT molecular complexity index is 838. The molecule has 0 atom stereocenters. The number of carbonyl (C=O) groups excluding carboxylic acids is 1. The van der Waals surface area contributed by atoms with Crippen molar-refractivity contribution in [2.75, 3.05) is 0 Å². The number of ether oxygens (including phenoxy) is 1. The number of nitrogens with one attached hydrogen (secondary N) is 1. The summed E-state index contributed by atoms with van der Waals surface area (Å²) in [5.41, 5.74) is 0.155. The summed E-state index contributed by atoms with van der Waals surface area (Å²) in [6.45, 7) is 0. The first-order valence-electron chi connectivity index (χ1n) is 6.44. The molecular weight excluding hydrogens is 322 g/mol. The monoisotopic (exact) mass is 331 g/mol. The summed E-state index contributed by atoms with van der Waals surface area (Å²) in [5, 5.41) is 16.5. The van der Waals surface area contributed by atoms with Crippen molar-refractivity contribution in [3.05, 3.63) is 65.6 Å². The summed E-state index contributed by atoms with van der Waals surface area (Å²) in [5.74, 6) is -0.148. The Kier molecular flexibility index (Phi) is 4.11. The second kappa shape index (κ2) is 6.37. The molecule has 23 heavy (non-hydrogen) atoms. The normalized spacial score (nSPS) is 11.4. The van der Waals surface area contributed by atoms with E-state index in [1.807, 2.05) is 0 Å². The van der Waals surface area contributed by atoms with E-state index in [0.29, 0.717) is 10.8 Å². The van der Waals surface area contributed by atoms with Gasteiger partial charge in [0, 0.05) is 11.1 Å². The number of aromatic nitrogens is 3. The molecule has 0 aliphatic rings. The maximum absolute atomic E-state index is 12.2. The number of hydrogen-bond donors (Lipinski definition) is 2. The summed E-state index contributed by atoms with van der Waals surface area (Å²) in [6.07, 6.45) is 4.80. The highest BCUT2D eigenvalue weighted by Gasteiger charge is 2.16. The molecule has 0 amide bonds. The summed E-state index contributed by atoms with van der Waals surface area (Å²) in [7, 11) is 0. The van der Waals surface area contributed by atoms with Crippen molar-refractivity contribution < 1.29 is 19.1 Å². The van der Waals surface area contributed by atoms with Crippen molar-refractivity contribution in [3.8, 4) is 11.5 Å². The Morgan fingerprint density at radius 2 is 2.09 bits per heavy atom. The maximum Gasteiger partial charge on any atom is 0.215 e. The smallest absolute Gasteiger partial charge is 0.215 e. The summed E-state index contributed by atoms with van der Waals surface area (Å²) >= 11 is 5.80. The lowest BCUT2D eigenvalue weighted by atomic mass is 10.2. The average Bonchev–Trinajstić information content (AvgIpc) is 3.20. The third-order valence-electron chi connectivity index (χ3n) is 2.85. The molecular formula is C15H10ClN3O4. The zero-order valence-electron chi connectivity index (χ0n) is 11.6. The van der Waals surface area contributed by atoms with Gasteiger partial charge in [-0.25, -0.2) is 4.98 Å². The van der Waals surface area contributed by atoms with Crippen molar-refractivity contribution in [2.24, 2.45) is 0 Å². The van der Waals surface area contributed by atoms with Crippen LogP contribution < -0.4 is 4.74 Å². The van der Waals surface area contributed by atoms with Gasteiger partial charge < -0.3 is 14.3 Å². The molecule has 0 aliphatic heterocycles. The van der Waals surface area contributed by atoms with E-state index in [1.54, 1.807) is 24.3 Å². The van der Waals surface area contributed by atoms with Gasteiger partial charge in [-0.2, -0.15) is 5.10 Å². The first-order chi connectivity index (χ1) is 11.1. The largest absolute Gasteiger partial charge is 0.504 e. The minimum Gasteiger partial charge on any atom is -0.504 e. The number of aliphatic hydroxyl groups excluding tert-OH is 1. The summed E-state index contributed by atoms with van der Waals surface area (Å²) in [6, 6.07) is 6.63. The van der Waals surface area contributed by atoms with Gasteiger partial charge in [0.2, 0.25) is 5.82 Å². The van der Waals surface area contributed by atoms with Crippen LogP contribution in [-0.4, -0.2) is 26.1 Å². The van der Waals surface area contributed by atoms with E-state index in [2.05, 4.69) is 15.2 Å². The van der Waals surface area contributed by atoms with Crippen molar-refractivity contribution in [1.82, 2.24) is 15.2 Å². The van der Waals surface area contributed by atoms with Crippen molar-refractivity contribution >= 4 is 23.1 Å². The fourth-order valence-corrected chi connectivity index (χ4v) is 1.90. The fraction of sp³-hybridized carbons (Fsp3) is 0. The number of rotatable bonds is 5. The quantitative estimate of drug-likeness (QED) is 0.420. The molecule has 0 saturated carbocycles. The molecule has 0 bridgehead atoms. The Morgan fingerprint density at radius 1 is 1.30 bits per heavy atom. The van der Waals surface area contributed by atoms with E-state index in [0.717, 1.165) is 6.08 Å². The van der Waals surface area contributed by atoms with Crippen molar-refractivity contribution in [2.45, 2.75) is 0 Å². The summed E-state index contributed by atoms with van der Waals surface area (Å²) < 4.78 is 10.6. The number of carbonyl (C=O) groups is 1. The second-order valence-electron chi connectivity index (χ2n) is 4.42. The molecule has 3 aromatic rings. The number of halogens is 1. The van der Waals surface area contributed by atoms with Gasteiger partial charge in [0.25, 0.3) is 0 Å². The predicted molar refractivity (Wildman–Crippen MR) is 81.6 cm³/mol. The van der Waals surface area contributed by atoms with Gasteiger partial charge in [-0.3, -0.25) is 9.89 Å². The average molecular weight is 332 g/mol. The number of H-pyrrole nitrogens is 1. The minimum absolute atomic E-state index is 0.0158. The molecule has 0 aliphatic carbocycles. The third kappa shape index (κ3) is 3.41. The van der Waals surface area contributed by atoms with Gasteiger partial charge >= 0.3 is 0 Å². The molecule has 2 aromatic heterocycles. The highest BCUT2D eigenvalue weighted by atomic mass is 35.5. The fourth-order valence-electron chi connectivity index (χ4n) is 1.77. The first kappa shape index (κ1) is 14.9. The van der Waals surface area contributed by atoms with E-state index in [9.17, 15) is 9.90 Å². The Morgan fingerprint density at radius 3 is 2.78 bits per heavy atom. The van der Waals surface area contributed by atoms with Crippen LogP contribution in [-0.2, 0) is 0 Å².